The number of hydrogen-bond donors (Lipinski definition) is 1. The van der Waals surface area contributed by atoms with Crippen LogP contribution in [0.2, 0.25) is 0 Å². The van der Waals surface area contributed by atoms with E-state index in [0.717, 1.165) is 34.2 Å². The van der Waals surface area contributed by atoms with Gasteiger partial charge in [0.15, 0.2) is 5.13 Å². The van der Waals surface area contributed by atoms with Crippen LogP contribution in [0.1, 0.15) is 29.2 Å². The lowest BCUT2D eigenvalue weighted by Crippen LogP contribution is -2.27. The Labute approximate surface area is 147 Å². The van der Waals surface area contributed by atoms with E-state index in [9.17, 15) is 18.8 Å². The summed E-state index contributed by atoms with van der Waals surface area (Å²) in [7, 11) is 0. The predicted molar refractivity (Wildman–Crippen MR) is 91.3 cm³/mol. The smallest absolute Gasteiger partial charge is 0.350 e. The maximum atomic E-state index is 13.1. The fourth-order valence-electron chi connectivity index (χ4n) is 1.89. The molecular weight excluding hydrogens is 349 g/mol. The van der Waals surface area contributed by atoms with Gasteiger partial charge in [0, 0.05) is 12.3 Å². The first kappa shape index (κ1) is 18.8. The number of esters is 1. The molecule has 0 fully saturated rings. The zero-order chi connectivity index (χ0) is 18.6. The van der Waals surface area contributed by atoms with Crippen LogP contribution in [0.4, 0.5) is 9.52 Å². The lowest BCUT2D eigenvalue weighted by Gasteiger charge is -2.05. The fourth-order valence-corrected chi connectivity index (χ4v) is 2.76. The third-order valence-electron chi connectivity index (χ3n) is 3.04. The Balaban J connectivity index is 2.04. The molecule has 134 valence electrons. The Hall–Kier alpha value is -2.55. The summed E-state index contributed by atoms with van der Waals surface area (Å²) in [5.41, 5.74) is -0.0539. The highest BCUT2D eigenvalue weighted by Crippen LogP contribution is 2.23. The molecule has 0 atom stereocenters. The van der Waals surface area contributed by atoms with E-state index in [1.807, 2.05) is 13.8 Å². The molecule has 0 aliphatic heterocycles. The lowest BCUT2D eigenvalue weighted by atomic mass is 10.2. The highest BCUT2D eigenvalue weighted by molar-refractivity contribution is 7.17. The monoisotopic (exact) mass is 367 g/mol. The second-order valence-corrected chi connectivity index (χ2v) is 6.79. The Morgan fingerprint density at radius 2 is 2.12 bits per heavy atom. The van der Waals surface area contributed by atoms with Gasteiger partial charge in [0.1, 0.15) is 17.2 Å². The van der Waals surface area contributed by atoms with Crippen LogP contribution in [-0.2, 0) is 16.1 Å². The number of aromatic nitrogens is 2. The molecule has 0 bridgehead atoms. The largest absolute Gasteiger partial charge is 0.461 e. The van der Waals surface area contributed by atoms with Gasteiger partial charge in [-0.25, -0.2) is 14.2 Å². The molecule has 2 heterocycles. The number of rotatable bonds is 6. The quantitative estimate of drug-likeness (QED) is 0.791. The topological polar surface area (TPSA) is 90.3 Å². The molecule has 0 aromatic carbocycles. The SMILES string of the molecule is Cc1nc(NC(=O)Cn2cc(F)ccc2=O)sc1C(=O)OCC(C)C. The Morgan fingerprint density at radius 3 is 2.80 bits per heavy atom. The molecule has 0 aliphatic rings. The average Bonchev–Trinajstić information content (AvgIpc) is 2.88. The molecule has 0 unspecified atom stereocenters. The molecule has 7 nitrogen and oxygen atoms in total. The van der Waals surface area contributed by atoms with Crippen molar-refractivity contribution in [2.45, 2.75) is 27.3 Å². The van der Waals surface area contributed by atoms with Crippen LogP contribution in [0.25, 0.3) is 0 Å². The predicted octanol–water partition coefficient (Wildman–Crippen LogP) is 2.20. The first-order valence-electron chi connectivity index (χ1n) is 7.56. The minimum Gasteiger partial charge on any atom is -0.461 e. The molecule has 1 N–H and O–H groups in total. The average molecular weight is 367 g/mol. The number of carbonyl (C=O) groups excluding carboxylic acids is 2. The maximum Gasteiger partial charge on any atom is 0.350 e. The van der Waals surface area contributed by atoms with Gasteiger partial charge in [-0.15, -0.1) is 0 Å². The van der Waals surface area contributed by atoms with E-state index in [2.05, 4.69) is 10.3 Å². The number of nitrogens with one attached hydrogen (secondary N) is 1. The minimum atomic E-state index is -0.618. The molecule has 2 aromatic heterocycles. The fraction of sp³-hybridized carbons (Fsp3) is 0.375. The number of amides is 1. The summed E-state index contributed by atoms with van der Waals surface area (Å²) in [6.45, 7) is 5.41. The van der Waals surface area contributed by atoms with Crippen molar-refractivity contribution in [2.75, 3.05) is 11.9 Å². The summed E-state index contributed by atoms with van der Waals surface area (Å²) in [6, 6.07) is 2.06. The van der Waals surface area contributed by atoms with Crippen molar-refractivity contribution in [3.63, 3.8) is 0 Å². The van der Waals surface area contributed by atoms with Crippen LogP contribution in [0, 0.1) is 18.7 Å². The standard InChI is InChI=1S/C16H18FN3O4S/c1-9(2)8-24-15(23)14-10(3)18-16(25-14)19-12(21)7-20-6-11(17)4-5-13(20)22/h4-6,9H,7-8H2,1-3H3,(H,18,19,21). The second-order valence-electron chi connectivity index (χ2n) is 5.79. The molecular formula is C16H18FN3O4S. The number of hydrogen-bond acceptors (Lipinski definition) is 6. The number of aryl methyl sites for hydroxylation is 1. The van der Waals surface area contributed by atoms with Gasteiger partial charge in [-0.1, -0.05) is 25.2 Å². The molecule has 2 rings (SSSR count). The van der Waals surface area contributed by atoms with E-state index in [4.69, 9.17) is 4.74 Å². The molecule has 2 aromatic rings. The molecule has 1 amide bonds. The maximum absolute atomic E-state index is 13.1. The van der Waals surface area contributed by atoms with E-state index in [1.54, 1.807) is 6.92 Å². The van der Waals surface area contributed by atoms with E-state index in [1.165, 1.54) is 0 Å². The normalized spacial score (nSPS) is 10.8. The summed E-state index contributed by atoms with van der Waals surface area (Å²) < 4.78 is 19.2. The van der Waals surface area contributed by atoms with Crippen LogP contribution >= 0.6 is 11.3 Å². The molecule has 0 saturated carbocycles. The van der Waals surface area contributed by atoms with Crippen molar-refractivity contribution in [1.82, 2.24) is 9.55 Å². The van der Waals surface area contributed by atoms with Crippen LogP contribution in [0.3, 0.4) is 0 Å². The van der Waals surface area contributed by atoms with Gasteiger partial charge >= 0.3 is 5.97 Å². The van der Waals surface area contributed by atoms with Crippen LogP contribution in [-0.4, -0.2) is 28.0 Å². The van der Waals surface area contributed by atoms with Crippen LogP contribution < -0.4 is 10.9 Å². The number of nitrogens with zero attached hydrogens (tertiary/aromatic N) is 2. The van der Waals surface area contributed by atoms with Gasteiger partial charge in [0.05, 0.1) is 12.3 Å². The van der Waals surface area contributed by atoms with Gasteiger partial charge in [0.25, 0.3) is 5.56 Å². The summed E-state index contributed by atoms with van der Waals surface area (Å²) in [6.07, 6.45) is 0.948. The number of carbonyl (C=O) groups is 2. The first-order chi connectivity index (χ1) is 11.8. The highest BCUT2D eigenvalue weighted by atomic mass is 32.1. The number of thiazole rings is 1. The van der Waals surface area contributed by atoms with Crippen molar-refractivity contribution in [3.8, 4) is 0 Å². The van der Waals surface area contributed by atoms with Gasteiger partial charge in [0.2, 0.25) is 5.91 Å². The summed E-state index contributed by atoms with van der Waals surface area (Å²) in [5.74, 6) is -1.46. The zero-order valence-electron chi connectivity index (χ0n) is 14.0. The first-order valence-corrected chi connectivity index (χ1v) is 8.38. The van der Waals surface area contributed by atoms with E-state index in [-0.39, 0.29) is 17.6 Å². The van der Waals surface area contributed by atoms with Crippen molar-refractivity contribution in [1.29, 1.82) is 0 Å². The molecule has 25 heavy (non-hydrogen) atoms. The second kappa shape index (κ2) is 8.02. The Morgan fingerprint density at radius 1 is 1.40 bits per heavy atom. The lowest BCUT2D eigenvalue weighted by molar-refractivity contribution is -0.116. The van der Waals surface area contributed by atoms with Crippen molar-refractivity contribution >= 4 is 28.3 Å². The Kier molecular flexibility index (Phi) is 6.02. The molecule has 0 radical (unpaired) electrons. The van der Waals surface area contributed by atoms with Gasteiger partial charge in [-0.05, 0) is 18.9 Å². The van der Waals surface area contributed by atoms with Gasteiger partial charge in [-0.3, -0.25) is 9.59 Å². The summed E-state index contributed by atoms with van der Waals surface area (Å²) >= 11 is 0.986. The summed E-state index contributed by atoms with van der Waals surface area (Å²) in [5, 5.41) is 2.71. The molecule has 0 aliphatic carbocycles. The number of pyridine rings is 1. The van der Waals surface area contributed by atoms with Crippen LogP contribution in [0.15, 0.2) is 23.1 Å². The third-order valence-corrected chi connectivity index (χ3v) is 4.09. The van der Waals surface area contributed by atoms with Gasteiger partial charge < -0.3 is 14.6 Å². The molecule has 0 saturated heterocycles. The minimum absolute atomic E-state index is 0.209. The van der Waals surface area contributed by atoms with E-state index < -0.39 is 23.3 Å². The van der Waals surface area contributed by atoms with Crippen molar-refractivity contribution < 1.29 is 18.7 Å². The number of ether oxygens (including phenoxy) is 1. The van der Waals surface area contributed by atoms with E-state index in [0.29, 0.717) is 17.2 Å². The van der Waals surface area contributed by atoms with Crippen LogP contribution in [0.5, 0.6) is 0 Å². The highest BCUT2D eigenvalue weighted by Gasteiger charge is 2.18. The Bertz CT molecular complexity index is 844. The van der Waals surface area contributed by atoms with Crippen molar-refractivity contribution in [2.24, 2.45) is 5.92 Å². The third kappa shape index (κ3) is 5.21. The number of halogens is 1. The summed E-state index contributed by atoms with van der Waals surface area (Å²) in [4.78, 5) is 40.0. The molecule has 9 heteroatoms. The van der Waals surface area contributed by atoms with Gasteiger partial charge in [-0.2, -0.15) is 0 Å². The van der Waals surface area contributed by atoms with Crippen molar-refractivity contribution in [3.05, 3.63) is 45.1 Å². The molecule has 0 spiro atoms. The zero-order valence-corrected chi connectivity index (χ0v) is 14.9. The van der Waals surface area contributed by atoms with E-state index >= 15 is 0 Å². The number of anilines is 1.